The van der Waals surface area contributed by atoms with Gasteiger partial charge in [0.05, 0.1) is 30.8 Å². The predicted octanol–water partition coefficient (Wildman–Crippen LogP) is 1.30. The number of benzene rings is 2. The average molecular weight is 557 g/mol. The summed E-state index contributed by atoms with van der Waals surface area (Å²) in [6.45, 7) is 2.27. The van der Waals surface area contributed by atoms with E-state index in [0.717, 1.165) is 12.1 Å². The number of ether oxygens (including phenoxy) is 3. The summed E-state index contributed by atoms with van der Waals surface area (Å²) in [6.07, 6.45) is -7.75. The molecule has 2 heterocycles. The highest BCUT2D eigenvalue weighted by Gasteiger charge is 2.49. The molecule has 4 rings (SSSR count). The fourth-order valence-electron chi connectivity index (χ4n) is 4.71. The van der Waals surface area contributed by atoms with E-state index < -0.39 is 60.7 Å². The van der Waals surface area contributed by atoms with Crippen molar-refractivity contribution in [2.75, 3.05) is 13.7 Å². The Morgan fingerprint density at radius 3 is 2.45 bits per heavy atom. The third-order valence-electron chi connectivity index (χ3n) is 6.80. The van der Waals surface area contributed by atoms with Crippen molar-refractivity contribution in [3.8, 4) is 5.75 Å². The zero-order valence-corrected chi connectivity index (χ0v) is 22.1. The van der Waals surface area contributed by atoms with Gasteiger partial charge in [0.2, 0.25) is 0 Å². The molecule has 0 radical (unpaired) electrons. The van der Waals surface area contributed by atoms with Gasteiger partial charge in [-0.2, -0.15) is 0 Å². The first-order valence-electron chi connectivity index (χ1n) is 12.6. The first-order chi connectivity index (χ1) is 19.1. The summed E-state index contributed by atoms with van der Waals surface area (Å²) >= 11 is 0. The molecule has 2 aromatic carbocycles. The number of aryl methyl sites for hydroxylation is 1. The summed E-state index contributed by atoms with van der Waals surface area (Å²) in [5.41, 5.74) is 0.567. The number of hydrogen-bond acceptors (Lipinski definition) is 11. The number of carbonyl (C=O) groups excluding carboxylic acids is 1. The lowest BCUT2D eigenvalue weighted by molar-refractivity contribution is -0.239. The normalized spacial score (nSPS) is 24.6. The van der Waals surface area contributed by atoms with E-state index in [9.17, 15) is 35.1 Å². The molecule has 5 N–H and O–H groups in total. The van der Waals surface area contributed by atoms with Gasteiger partial charge in [0.25, 0.3) is 0 Å². The molecular weight excluding hydrogens is 524 g/mol. The van der Waals surface area contributed by atoms with Gasteiger partial charge in [0, 0.05) is 12.1 Å². The summed E-state index contributed by atoms with van der Waals surface area (Å²) in [6, 6.07) is 11.5. The topological polar surface area (TPSA) is 176 Å². The van der Waals surface area contributed by atoms with Crippen LogP contribution in [0.3, 0.4) is 0 Å². The molecule has 1 aliphatic rings. The minimum absolute atomic E-state index is 0.0362. The molecule has 11 heteroatoms. The van der Waals surface area contributed by atoms with Crippen LogP contribution in [-0.2, 0) is 14.3 Å². The van der Waals surface area contributed by atoms with Crippen LogP contribution in [0.15, 0.2) is 57.8 Å². The molecule has 214 valence electrons. The molecule has 0 saturated carbocycles. The smallest absolute Gasteiger partial charge is 0.331 e. The van der Waals surface area contributed by atoms with Crippen molar-refractivity contribution in [2.24, 2.45) is 0 Å². The Labute approximate surface area is 229 Å². The minimum Gasteiger partial charge on any atom is -0.496 e. The maximum absolute atomic E-state index is 13.1. The molecule has 0 aliphatic carbocycles. The van der Waals surface area contributed by atoms with Gasteiger partial charge in [-0.1, -0.05) is 30.3 Å². The number of methoxy groups -OCH3 is 1. The Bertz CT molecular complexity index is 1430. The second kappa shape index (κ2) is 12.3. The van der Waals surface area contributed by atoms with E-state index in [1.165, 1.54) is 26.2 Å². The number of aliphatic hydroxyl groups excluding tert-OH is 5. The van der Waals surface area contributed by atoms with Crippen LogP contribution >= 0.6 is 0 Å². The molecule has 1 saturated heterocycles. The van der Waals surface area contributed by atoms with Crippen molar-refractivity contribution in [1.82, 2.24) is 0 Å². The highest BCUT2D eigenvalue weighted by Crippen LogP contribution is 2.43. The van der Waals surface area contributed by atoms with E-state index in [-0.39, 0.29) is 28.0 Å². The zero-order chi connectivity index (χ0) is 29.1. The van der Waals surface area contributed by atoms with Crippen LogP contribution in [0.2, 0.25) is 0 Å². The van der Waals surface area contributed by atoms with Crippen molar-refractivity contribution >= 4 is 23.0 Å². The molecule has 0 unspecified atom stereocenters. The number of aliphatic hydroxyl groups is 5. The number of fused-ring (bicyclic) bond motifs is 1. The summed E-state index contributed by atoms with van der Waals surface area (Å²) in [5.74, 6) is -0.975. The highest BCUT2D eigenvalue weighted by atomic mass is 16.6. The monoisotopic (exact) mass is 556 g/mol. The number of hydrogen-bond donors (Lipinski definition) is 5. The maximum Gasteiger partial charge on any atom is 0.331 e. The standard InChI is InChI=1S/C29H32O11/c1-14-11-18(37-3)23(27-22(14)17(32)12-19(38-27)24(34)15(2)31)28-29(26(36)25(35)20(13-30)39-28)40-21(33)10-9-16-7-5-4-6-8-16/h4-12,15,20,24-26,28-31,34-36H,13H2,1-3H3/t15-,20+,24+,25+,26-,28-,29+/m0/s1. The van der Waals surface area contributed by atoms with E-state index in [2.05, 4.69) is 0 Å². The quantitative estimate of drug-likeness (QED) is 0.200. The van der Waals surface area contributed by atoms with Crippen LogP contribution in [0.1, 0.15) is 41.6 Å². The van der Waals surface area contributed by atoms with Gasteiger partial charge >= 0.3 is 5.97 Å². The minimum atomic E-state index is -1.72. The molecule has 7 atom stereocenters. The van der Waals surface area contributed by atoms with E-state index in [1.807, 2.05) is 6.07 Å². The van der Waals surface area contributed by atoms with Crippen LogP contribution < -0.4 is 10.2 Å². The van der Waals surface area contributed by atoms with Crippen LogP contribution in [0, 0.1) is 6.92 Å². The number of carbonyl (C=O) groups is 1. The SMILES string of the molecule is COc1cc(C)c2c(=O)cc([C@H](O)[C@H](C)O)oc2c1[C@@H]1O[C@H](CO)[C@@H](O)[C@H](O)[C@H]1OC(=O)C=Cc1ccccc1. The third-order valence-corrected chi connectivity index (χ3v) is 6.80. The Hall–Kier alpha value is -3.58. The van der Waals surface area contributed by atoms with E-state index in [4.69, 9.17) is 18.6 Å². The van der Waals surface area contributed by atoms with Crippen LogP contribution in [0.5, 0.6) is 5.75 Å². The first-order valence-corrected chi connectivity index (χ1v) is 12.6. The van der Waals surface area contributed by atoms with Crippen LogP contribution in [0.25, 0.3) is 17.0 Å². The fraction of sp³-hybridized carbons (Fsp3) is 0.379. The largest absolute Gasteiger partial charge is 0.496 e. The fourth-order valence-corrected chi connectivity index (χ4v) is 4.71. The molecule has 0 amide bonds. The Morgan fingerprint density at radius 2 is 1.82 bits per heavy atom. The van der Waals surface area contributed by atoms with Gasteiger partial charge in [-0.15, -0.1) is 0 Å². The van der Waals surface area contributed by atoms with E-state index >= 15 is 0 Å². The number of esters is 1. The second-order valence-electron chi connectivity index (χ2n) is 9.62. The summed E-state index contributed by atoms with van der Waals surface area (Å²) in [4.78, 5) is 26.0. The lowest BCUT2D eigenvalue weighted by atomic mass is 9.88. The molecule has 1 aromatic heterocycles. The predicted molar refractivity (Wildman–Crippen MR) is 142 cm³/mol. The Morgan fingerprint density at radius 1 is 1.12 bits per heavy atom. The molecule has 40 heavy (non-hydrogen) atoms. The van der Waals surface area contributed by atoms with Crippen molar-refractivity contribution in [3.05, 3.63) is 81.2 Å². The van der Waals surface area contributed by atoms with E-state index in [0.29, 0.717) is 11.1 Å². The molecule has 1 aliphatic heterocycles. The molecule has 0 spiro atoms. The summed E-state index contributed by atoms with van der Waals surface area (Å²) in [7, 11) is 1.35. The molecule has 0 bridgehead atoms. The van der Waals surface area contributed by atoms with Crippen LogP contribution in [-0.4, -0.2) is 75.7 Å². The molecule has 11 nitrogen and oxygen atoms in total. The molecule has 3 aromatic rings. The average Bonchev–Trinajstić information content (AvgIpc) is 2.94. The van der Waals surface area contributed by atoms with Gasteiger partial charge in [-0.25, -0.2) is 4.79 Å². The van der Waals surface area contributed by atoms with Gasteiger partial charge in [0.1, 0.15) is 47.6 Å². The van der Waals surface area contributed by atoms with Gasteiger partial charge < -0.3 is 44.2 Å². The Balaban J connectivity index is 1.87. The third kappa shape index (κ3) is 5.80. The summed E-state index contributed by atoms with van der Waals surface area (Å²) < 4.78 is 23.0. The molecular formula is C29H32O11. The van der Waals surface area contributed by atoms with Gasteiger partial charge in [0.15, 0.2) is 11.5 Å². The van der Waals surface area contributed by atoms with Gasteiger partial charge in [-0.3, -0.25) is 4.79 Å². The van der Waals surface area contributed by atoms with Crippen molar-refractivity contribution < 1.29 is 49.0 Å². The lowest BCUT2D eigenvalue weighted by Gasteiger charge is -2.42. The van der Waals surface area contributed by atoms with Crippen molar-refractivity contribution in [2.45, 2.75) is 56.6 Å². The van der Waals surface area contributed by atoms with E-state index in [1.54, 1.807) is 31.2 Å². The van der Waals surface area contributed by atoms with Crippen molar-refractivity contribution in [3.63, 3.8) is 0 Å². The Kier molecular flexibility index (Phi) is 9.04. The first kappa shape index (κ1) is 29.4. The lowest BCUT2D eigenvalue weighted by Crippen LogP contribution is -2.56. The van der Waals surface area contributed by atoms with Crippen molar-refractivity contribution in [1.29, 1.82) is 0 Å². The van der Waals surface area contributed by atoms with Gasteiger partial charge in [-0.05, 0) is 37.1 Å². The summed E-state index contributed by atoms with van der Waals surface area (Å²) in [5, 5.41) is 51.9. The highest BCUT2D eigenvalue weighted by molar-refractivity contribution is 5.88. The second-order valence-corrected chi connectivity index (χ2v) is 9.62. The zero-order valence-electron chi connectivity index (χ0n) is 22.1. The maximum atomic E-state index is 13.1. The number of rotatable bonds is 8. The molecule has 1 fully saturated rings. The van der Waals surface area contributed by atoms with Crippen LogP contribution in [0.4, 0.5) is 0 Å².